The van der Waals surface area contributed by atoms with E-state index in [0.29, 0.717) is 16.9 Å². The molecule has 0 bridgehead atoms. The Morgan fingerprint density at radius 3 is 2.30 bits per heavy atom. The van der Waals surface area contributed by atoms with E-state index in [1.54, 1.807) is 48.5 Å². The molecule has 0 aromatic heterocycles. The minimum absolute atomic E-state index is 0.000870. The summed E-state index contributed by atoms with van der Waals surface area (Å²) >= 11 is 3.36. The van der Waals surface area contributed by atoms with Gasteiger partial charge in [-0.3, -0.25) is 9.59 Å². The number of rotatable bonds is 5. The van der Waals surface area contributed by atoms with E-state index >= 15 is 0 Å². The van der Waals surface area contributed by atoms with E-state index in [1.165, 1.54) is 12.0 Å². The van der Waals surface area contributed by atoms with E-state index in [0.717, 1.165) is 4.47 Å². The number of ether oxygens (including phenoxy) is 1. The first-order valence-corrected chi connectivity index (χ1v) is 9.06. The van der Waals surface area contributed by atoms with Crippen LogP contribution in [0.2, 0.25) is 0 Å². The molecule has 1 atom stereocenters. The Morgan fingerprint density at radius 1 is 1.11 bits per heavy atom. The Labute approximate surface area is 164 Å². The zero-order valence-electron chi connectivity index (χ0n) is 14.6. The van der Waals surface area contributed by atoms with E-state index < -0.39 is 17.7 Å². The molecule has 27 heavy (non-hydrogen) atoms. The Hall–Kier alpha value is -2.64. The third-order valence-electron chi connectivity index (χ3n) is 4.43. The maximum atomic E-state index is 12.7. The Balaban J connectivity index is 2.14. The minimum atomic E-state index is -0.773. The van der Waals surface area contributed by atoms with Gasteiger partial charge in [0, 0.05) is 16.6 Å². The van der Waals surface area contributed by atoms with Crippen molar-refractivity contribution in [1.82, 2.24) is 4.90 Å². The summed E-state index contributed by atoms with van der Waals surface area (Å²) in [6, 6.07) is 12.9. The molecule has 0 saturated carbocycles. The van der Waals surface area contributed by atoms with E-state index in [9.17, 15) is 19.8 Å². The number of methoxy groups -OCH3 is 1. The number of β-amino-alcohol motifs (C(OH)–C–C–N with tert-alkyl or cyclic N) is 1. The van der Waals surface area contributed by atoms with Crippen LogP contribution in [-0.2, 0) is 9.59 Å². The minimum Gasteiger partial charge on any atom is -0.507 e. The molecule has 2 aromatic rings. The van der Waals surface area contributed by atoms with Gasteiger partial charge in [0.1, 0.15) is 11.5 Å². The van der Waals surface area contributed by atoms with Crippen molar-refractivity contribution < 1.29 is 24.5 Å². The van der Waals surface area contributed by atoms with Crippen LogP contribution in [0, 0.1) is 0 Å². The average Bonchev–Trinajstić information content (AvgIpc) is 2.93. The highest BCUT2D eigenvalue weighted by molar-refractivity contribution is 9.10. The number of halogens is 1. The molecule has 6 nitrogen and oxygen atoms in total. The number of carbonyl (C=O) groups excluding carboxylic acids is 2. The van der Waals surface area contributed by atoms with Gasteiger partial charge < -0.3 is 19.8 Å². The molecule has 1 heterocycles. The molecule has 2 aromatic carbocycles. The first-order valence-electron chi connectivity index (χ1n) is 8.27. The number of aliphatic hydroxyl groups excluding tert-OH is 2. The molecule has 140 valence electrons. The number of nitrogens with zero attached hydrogens (tertiary/aromatic N) is 1. The van der Waals surface area contributed by atoms with Crippen LogP contribution >= 0.6 is 15.9 Å². The van der Waals surface area contributed by atoms with Crippen molar-refractivity contribution in [3.05, 3.63) is 69.7 Å². The van der Waals surface area contributed by atoms with Crippen LogP contribution in [0.15, 0.2) is 58.6 Å². The van der Waals surface area contributed by atoms with E-state index in [4.69, 9.17) is 4.74 Å². The molecule has 0 spiro atoms. The van der Waals surface area contributed by atoms with Gasteiger partial charge in [0.25, 0.3) is 11.7 Å². The summed E-state index contributed by atoms with van der Waals surface area (Å²) < 4.78 is 5.95. The first kappa shape index (κ1) is 19.1. The Bertz CT molecular complexity index is 890. The number of carbonyl (C=O) groups is 2. The predicted octanol–water partition coefficient (Wildman–Crippen LogP) is 2.87. The van der Waals surface area contributed by atoms with Crippen LogP contribution in [0.4, 0.5) is 0 Å². The zero-order chi connectivity index (χ0) is 19.6. The summed E-state index contributed by atoms with van der Waals surface area (Å²) in [5.41, 5.74) is 1.07. The number of hydrogen-bond acceptors (Lipinski definition) is 5. The van der Waals surface area contributed by atoms with Gasteiger partial charge in [-0.25, -0.2) is 0 Å². The molecule has 2 N–H and O–H groups in total. The predicted molar refractivity (Wildman–Crippen MR) is 103 cm³/mol. The lowest BCUT2D eigenvalue weighted by atomic mass is 9.95. The highest BCUT2D eigenvalue weighted by atomic mass is 79.9. The van der Waals surface area contributed by atoms with Crippen molar-refractivity contribution in [2.75, 3.05) is 20.3 Å². The fraction of sp³-hybridized carbons (Fsp3) is 0.200. The fourth-order valence-corrected chi connectivity index (χ4v) is 3.38. The smallest absolute Gasteiger partial charge is 0.295 e. The van der Waals surface area contributed by atoms with Crippen molar-refractivity contribution in [3.8, 4) is 5.75 Å². The second kappa shape index (κ2) is 7.94. The van der Waals surface area contributed by atoms with E-state index in [2.05, 4.69) is 15.9 Å². The molecule has 0 aliphatic carbocycles. The van der Waals surface area contributed by atoms with Crippen LogP contribution in [0.5, 0.6) is 5.75 Å². The number of aliphatic hydroxyl groups is 2. The van der Waals surface area contributed by atoms with Gasteiger partial charge in [-0.2, -0.15) is 0 Å². The van der Waals surface area contributed by atoms with Crippen molar-refractivity contribution in [3.63, 3.8) is 0 Å². The Morgan fingerprint density at radius 2 is 1.74 bits per heavy atom. The van der Waals surface area contributed by atoms with E-state index in [1.807, 2.05) is 0 Å². The molecule has 1 saturated heterocycles. The molecule has 1 aliphatic rings. The standard InChI is InChI=1S/C20H18BrNO5/c1-27-15-8-4-13(5-9-15)18(24)16-17(12-2-6-14(21)7-3-12)22(10-11-23)20(26)19(16)25/h2-9,17,23-24H,10-11H2,1H3/t17-/m0/s1. The average molecular weight is 432 g/mol. The monoisotopic (exact) mass is 431 g/mol. The van der Waals surface area contributed by atoms with Gasteiger partial charge in [0.15, 0.2) is 0 Å². The number of benzene rings is 2. The van der Waals surface area contributed by atoms with Gasteiger partial charge in [0.2, 0.25) is 0 Å². The highest BCUT2D eigenvalue weighted by Crippen LogP contribution is 2.39. The van der Waals surface area contributed by atoms with E-state index in [-0.39, 0.29) is 24.5 Å². The van der Waals surface area contributed by atoms with Gasteiger partial charge >= 0.3 is 0 Å². The third-order valence-corrected chi connectivity index (χ3v) is 4.96. The zero-order valence-corrected chi connectivity index (χ0v) is 16.1. The summed E-state index contributed by atoms with van der Waals surface area (Å²) in [4.78, 5) is 26.4. The number of likely N-dealkylation sites (tertiary alicyclic amines) is 1. The molecule has 1 aliphatic heterocycles. The van der Waals surface area contributed by atoms with Crippen molar-refractivity contribution >= 4 is 33.4 Å². The SMILES string of the molecule is COc1ccc(C(O)=C2C(=O)C(=O)N(CCO)[C@H]2c2ccc(Br)cc2)cc1. The Kier molecular flexibility index (Phi) is 5.62. The third kappa shape index (κ3) is 3.61. The van der Waals surface area contributed by atoms with Crippen molar-refractivity contribution in [2.45, 2.75) is 6.04 Å². The van der Waals surface area contributed by atoms with Gasteiger partial charge in [-0.05, 0) is 42.0 Å². The lowest BCUT2D eigenvalue weighted by molar-refractivity contribution is -0.140. The van der Waals surface area contributed by atoms with Crippen LogP contribution < -0.4 is 4.74 Å². The van der Waals surface area contributed by atoms with Crippen LogP contribution in [-0.4, -0.2) is 47.1 Å². The van der Waals surface area contributed by atoms with Crippen LogP contribution in [0.3, 0.4) is 0 Å². The topological polar surface area (TPSA) is 87.1 Å². The maximum absolute atomic E-state index is 12.7. The highest BCUT2D eigenvalue weighted by Gasteiger charge is 2.45. The molecule has 1 fully saturated rings. The number of hydrogen-bond donors (Lipinski definition) is 2. The van der Waals surface area contributed by atoms with Gasteiger partial charge in [-0.1, -0.05) is 28.1 Å². The lowest BCUT2D eigenvalue weighted by Gasteiger charge is -2.24. The second-order valence-electron chi connectivity index (χ2n) is 6.00. The summed E-state index contributed by atoms with van der Waals surface area (Å²) in [5, 5.41) is 20.1. The van der Waals surface area contributed by atoms with Gasteiger partial charge in [-0.15, -0.1) is 0 Å². The normalized spacial score (nSPS) is 18.8. The molecular formula is C20H18BrNO5. The number of Topliss-reactive ketones (excluding diaryl/α,β-unsaturated/α-hetero) is 1. The van der Waals surface area contributed by atoms with Crippen molar-refractivity contribution in [2.24, 2.45) is 0 Å². The molecule has 1 amide bonds. The first-order chi connectivity index (χ1) is 13.0. The van der Waals surface area contributed by atoms with Gasteiger partial charge in [0.05, 0.1) is 25.3 Å². The quantitative estimate of drug-likeness (QED) is 0.431. The summed E-state index contributed by atoms with van der Waals surface area (Å²) in [6.07, 6.45) is 0. The van der Waals surface area contributed by atoms with Crippen LogP contribution in [0.25, 0.3) is 5.76 Å². The lowest BCUT2D eigenvalue weighted by Crippen LogP contribution is -2.32. The number of amides is 1. The molecule has 3 rings (SSSR count). The molecule has 0 radical (unpaired) electrons. The van der Waals surface area contributed by atoms with Crippen molar-refractivity contribution in [1.29, 1.82) is 0 Å². The summed E-state index contributed by atoms with van der Waals surface area (Å²) in [7, 11) is 1.53. The summed E-state index contributed by atoms with van der Waals surface area (Å²) in [6.45, 7) is -0.298. The maximum Gasteiger partial charge on any atom is 0.295 e. The number of ketones is 1. The summed E-state index contributed by atoms with van der Waals surface area (Å²) in [5.74, 6) is -1.17. The second-order valence-corrected chi connectivity index (χ2v) is 6.91. The molecule has 7 heteroatoms. The largest absolute Gasteiger partial charge is 0.507 e. The van der Waals surface area contributed by atoms with Crippen LogP contribution in [0.1, 0.15) is 17.2 Å². The fourth-order valence-electron chi connectivity index (χ4n) is 3.11. The molecule has 0 unspecified atom stereocenters. The molecular weight excluding hydrogens is 414 g/mol.